The van der Waals surface area contributed by atoms with Crippen molar-refractivity contribution in [3.8, 4) is 22.6 Å². The van der Waals surface area contributed by atoms with E-state index in [0.29, 0.717) is 28.3 Å². The summed E-state index contributed by atoms with van der Waals surface area (Å²) >= 11 is 0. The largest absolute Gasteiger partial charge is 0.456 e. The van der Waals surface area contributed by atoms with Gasteiger partial charge in [0.05, 0.1) is 17.6 Å². The first-order chi connectivity index (χ1) is 17.9. The second-order valence-corrected chi connectivity index (χ2v) is 9.78. The summed E-state index contributed by atoms with van der Waals surface area (Å²) in [6.07, 6.45) is 3.78. The average Bonchev–Trinajstić information content (AvgIpc) is 2.85. The monoisotopic (exact) mass is 499 g/mol. The summed E-state index contributed by atoms with van der Waals surface area (Å²) in [5.41, 5.74) is 5.88. The maximum absolute atomic E-state index is 12.8. The summed E-state index contributed by atoms with van der Waals surface area (Å²) in [6.45, 7) is 9.85. The van der Waals surface area contributed by atoms with E-state index in [1.807, 2.05) is 63.2 Å². The van der Waals surface area contributed by atoms with Crippen LogP contribution in [-0.2, 0) is 0 Å². The van der Waals surface area contributed by atoms with Crippen molar-refractivity contribution in [3.05, 3.63) is 71.5 Å². The van der Waals surface area contributed by atoms with Crippen molar-refractivity contribution in [1.29, 1.82) is 5.41 Å². The molecule has 1 saturated carbocycles. The first-order valence-corrected chi connectivity index (χ1v) is 13.0. The lowest BCUT2D eigenvalue weighted by molar-refractivity contribution is 0.0232. The third-order valence-electron chi connectivity index (χ3n) is 7.06. The van der Waals surface area contributed by atoms with Gasteiger partial charge in [0.15, 0.2) is 0 Å². The lowest BCUT2D eigenvalue weighted by atomic mass is 9.61. The highest BCUT2D eigenvalue weighted by Crippen LogP contribution is 2.44. The molecule has 1 aliphatic heterocycles. The van der Waals surface area contributed by atoms with Gasteiger partial charge >= 0.3 is 0 Å². The standard InChI is InChI=1S/C28H31N5O2.C2H6/c1-17-9-20(7-8-24(17)27(34)33-21-12-28(13-21)15-31-16-28)19-5-4-6-22(10-19)35-23-11-25(30-3)26(18(2)29)32-14-23;1-2/h4-11,14,21,29-31H,12-13,15-16H2,1-3H3,(H,33,34);1-2H3. The topological polar surface area (TPSA) is 99.1 Å². The van der Waals surface area contributed by atoms with Crippen molar-refractivity contribution in [2.75, 3.05) is 25.5 Å². The predicted octanol–water partition coefficient (Wildman–Crippen LogP) is 5.79. The number of carbonyl (C=O) groups excluding carboxylic acids is 1. The van der Waals surface area contributed by atoms with Crippen LogP contribution in [0.3, 0.4) is 0 Å². The summed E-state index contributed by atoms with van der Waals surface area (Å²) < 4.78 is 6.06. The van der Waals surface area contributed by atoms with Crippen LogP contribution in [0.1, 0.15) is 55.2 Å². The molecule has 1 saturated heterocycles. The number of anilines is 1. The Labute approximate surface area is 219 Å². The number of pyridine rings is 1. The van der Waals surface area contributed by atoms with Crippen LogP contribution in [0.5, 0.6) is 11.5 Å². The molecule has 7 heteroatoms. The molecule has 2 aromatic carbocycles. The van der Waals surface area contributed by atoms with Crippen molar-refractivity contribution < 1.29 is 9.53 Å². The predicted molar refractivity (Wildman–Crippen MR) is 150 cm³/mol. The van der Waals surface area contributed by atoms with Crippen molar-refractivity contribution in [1.82, 2.24) is 15.6 Å². The minimum atomic E-state index is 0.00899. The fourth-order valence-corrected chi connectivity index (χ4v) is 5.08. The molecule has 2 aliphatic rings. The van der Waals surface area contributed by atoms with E-state index in [-0.39, 0.29) is 11.9 Å². The van der Waals surface area contributed by atoms with Crippen LogP contribution in [0.25, 0.3) is 11.1 Å². The van der Waals surface area contributed by atoms with Gasteiger partial charge < -0.3 is 26.1 Å². The van der Waals surface area contributed by atoms with E-state index in [2.05, 4.69) is 27.0 Å². The fraction of sp³-hybridized carbons (Fsp3) is 0.367. The second kappa shape index (κ2) is 11.1. The maximum Gasteiger partial charge on any atom is 0.251 e. The molecule has 194 valence electrons. The fourth-order valence-electron chi connectivity index (χ4n) is 5.08. The van der Waals surface area contributed by atoms with E-state index in [1.54, 1.807) is 20.2 Å². The minimum absolute atomic E-state index is 0.00899. The summed E-state index contributed by atoms with van der Waals surface area (Å²) in [5.74, 6) is 1.29. The molecule has 0 bridgehead atoms. The molecular weight excluding hydrogens is 462 g/mol. The smallest absolute Gasteiger partial charge is 0.251 e. The first kappa shape index (κ1) is 26.4. The Hall–Kier alpha value is -3.71. The van der Waals surface area contributed by atoms with E-state index in [4.69, 9.17) is 10.1 Å². The van der Waals surface area contributed by atoms with Gasteiger partial charge in [-0.25, -0.2) is 4.98 Å². The van der Waals surface area contributed by atoms with Gasteiger partial charge in [-0.05, 0) is 67.0 Å². The van der Waals surface area contributed by atoms with Crippen molar-refractivity contribution >= 4 is 17.3 Å². The SMILES string of the molecule is CC.CNc1cc(Oc2cccc(-c3ccc(C(=O)NC4CC5(CNC5)C4)c(C)c3)c2)cnc1C(C)=N. The van der Waals surface area contributed by atoms with Gasteiger partial charge in [0, 0.05) is 37.8 Å². The molecule has 4 N–H and O–H groups in total. The number of amides is 1. The number of aryl methyl sites for hydroxylation is 1. The number of aromatic nitrogens is 1. The number of rotatable bonds is 7. The van der Waals surface area contributed by atoms with E-state index in [1.165, 1.54) is 0 Å². The first-order valence-electron chi connectivity index (χ1n) is 13.0. The highest BCUT2D eigenvalue weighted by molar-refractivity contribution is 5.99. The summed E-state index contributed by atoms with van der Waals surface area (Å²) in [4.78, 5) is 17.2. The lowest BCUT2D eigenvalue weighted by Gasteiger charge is -2.54. The molecule has 7 nitrogen and oxygen atoms in total. The third-order valence-corrected chi connectivity index (χ3v) is 7.06. The van der Waals surface area contributed by atoms with Gasteiger partial charge in [0.1, 0.15) is 17.2 Å². The molecule has 0 atom stereocenters. The summed E-state index contributed by atoms with van der Waals surface area (Å²) in [7, 11) is 1.80. The van der Waals surface area contributed by atoms with Gasteiger partial charge in [0.25, 0.3) is 5.91 Å². The van der Waals surface area contributed by atoms with Crippen LogP contribution in [0.2, 0.25) is 0 Å². The number of nitrogens with one attached hydrogen (secondary N) is 4. The summed E-state index contributed by atoms with van der Waals surface area (Å²) in [6, 6.07) is 15.9. The van der Waals surface area contributed by atoms with Gasteiger partial charge in [-0.3, -0.25) is 4.79 Å². The van der Waals surface area contributed by atoms with Crippen LogP contribution < -0.4 is 20.7 Å². The number of nitrogens with zero attached hydrogens (tertiary/aromatic N) is 1. The molecule has 3 aromatic rings. The normalized spacial score (nSPS) is 15.5. The molecule has 0 radical (unpaired) electrons. The molecule has 1 aromatic heterocycles. The molecule has 0 unspecified atom stereocenters. The zero-order valence-corrected chi connectivity index (χ0v) is 22.4. The average molecular weight is 500 g/mol. The van der Waals surface area contributed by atoms with Crippen LogP contribution in [-0.4, -0.2) is 42.8 Å². The maximum atomic E-state index is 12.8. The van der Waals surface area contributed by atoms with Crippen LogP contribution in [0.4, 0.5) is 5.69 Å². The number of benzene rings is 2. The Morgan fingerprint density at radius 3 is 2.43 bits per heavy atom. The Bertz CT molecular complexity index is 1290. The molecule has 1 aliphatic carbocycles. The van der Waals surface area contributed by atoms with Crippen molar-refractivity contribution in [2.24, 2.45) is 5.41 Å². The number of ether oxygens (including phenoxy) is 1. The van der Waals surface area contributed by atoms with Gasteiger partial charge in [-0.2, -0.15) is 0 Å². The molecule has 2 heterocycles. The van der Waals surface area contributed by atoms with Crippen LogP contribution in [0.15, 0.2) is 54.7 Å². The Morgan fingerprint density at radius 2 is 1.81 bits per heavy atom. The van der Waals surface area contributed by atoms with Gasteiger partial charge in [-0.15, -0.1) is 0 Å². The zero-order valence-electron chi connectivity index (χ0n) is 22.4. The lowest BCUT2D eigenvalue weighted by Crippen LogP contribution is -2.65. The number of hydrogen-bond acceptors (Lipinski definition) is 6. The quantitative estimate of drug-likeness (QED) is 0.309. The highest BCUT2D eigenvalue weighted by Gasteiger charge is 2.48. The Morgan fingerprint density at radius 1 is 1.08 bits per heavy atom. The number of hydrogen-bond donors (Lipinski definition) is 4. The minimum Gasteiger partial charge on any atom is -0.456 e. The third kappa shape index (κ3) is 5.67. The van der Waals surface area contributed by atoms with Gasteiger partial charge in [-0.1, -0.05) is 38.1 Å². The molecule has 2 fully saturated rings. The Balaban J connectivity index is 0.00000156. The number of carbonyl (C=O) groups is 1. The molecule has 37 heavy (non-hydrogen) atoms. The highest BCUT2D eigenvalue weighted by atomic mass is 16.5. The molecule has 1 spiro atoms. The molecule has 5 rings (SSSR count). The van der Waals surface area contributed by atoms with Crippen molar-refractivity contribution in [3.63, 3.8) is 0 Å². The second-order valence-electron chi connectivity index (χ2n) is 9.78. The van der Waals surface area contributed by atoms with Crippen LogP contribution in [0, 0.1) is 17.7 Å². The molecule has 1 amide bonds. The molecular formula is C30H37N5O2. The summed E-state index contributed by atoms with van der Waals surface area (Å²) in [5, 5.41) is 17.5. The van der Waals surface area contributed by atoms with E-state index < -0.39 is 0 Å². The van der Waals surface area contributed by atoms with Crippen molar-refractivity contribution in [2.45, 2.75) is 46.6 Å². The van der Waals surface area contributed by atoms with Crippen LogP contribution >= 0.6 is 0 Å². The van der Waals surface area contributed by atoms with E-state index in [0.717, 1.165) is 53.9 Å². The van der Waals surface area contributed by atoms with E-state index >= 15 is 0 Å². The zero-order chi connectivity index (χ0) is 26.6. The van der Waals surface area contributed by atoms with E-state index in [9.17, 15) is 4.79 Å². The van der Waals surface area contributed by atoms with Gasteiger partial charge in [0.2, 0.25) is 0 Å². The Kier molecular flexibility index (Phi) is 7.93.